The molecule has 2 aromatic carbocycles. The predicted molar refractivity (Wildman–Crippen MR) is 121 cm³/mol. The van der Waals surface area contributed by atoms with Gasteiger partial charge in [0.1, 0.15) is 6.10 Å². The van der Waals surface area contributed by atoms with E-state index in [4.69, 9.17) is 4.74 Å². The van der Waals surface area contributed by atoms with Crippen LogP contribution in [0.3, 0.4) is 0 Å². The normalized spacial score (nSPS) is 15.2. The van der Waals surface area contributed by atoms with E-state index in [1.165, 1.54) is 37.7 Å². The van der Waals surface area contributed by atoms with E-state index < -0.39 is 0 Å². The van der Waals surface area contributed by atoms with Crippen molar-refractivity contribution in [1.29, 1.82) is 5.26 Å². The molecule has 5 heteroatoms. The van der Waals surface area contributed by atoms with Crippen molar-refractivity contribution in [3.63, 3.8) is 0 Å². The highest BCUT2D eigenvalue weighted by atomic mass is 35.5. The van der Waals surface area contributed by atoms with Gasteiger partial charge in [0, 0.05) is 7.05 Å². The summed E-state index contributed by atoms with van der Waals surface area (Å²) in [5, 5.41) is 9.66. The number of benzene rings is 2. The number of hydrogen-bond acceptors (Lipinski definition) is 3. The van der Waals surface area contributed by atoms with E-state index in [1.54, 1.807) is 6.33 Å². The Morgan fingerprint density at radius 1 is 1.13 bits per heavy atom. The number of hydrogen-bond donors (Lipinski definition) is 0. The standard InChI is InChI=1S/C25H27N3O.ClH/c1-28-18-27-16-24(28)25(29-17-19-8-4-2-5-9-19)21-12-13-22(15-26)23(14-21)20-10-6-3-7-11-20;/h2,4-5,8-9,12-14,16,18,20,25H,3,6-7,10-11,17H2,1H3;1H. The van der Waals surface area contributed by atoms with Gasteiger partial charge in [0.2, 0.25) is 0 Å². The lowest BCUT2D eigenvalue weighted by Crippen LogP contribution is -2.13. The molecule has 0 spiro atoms. The molecule has 4 nitrogen and oxygen atoms in total. The molecule has 1 aliphatic rings. The van der Waals surface area contributed by atoms with Crippen molar-refractivity contribution in [1.82, 2.24) is 9.55 Å². The maximum atomic E-state index is 9.66. The predicted octanol–water partition coefficient (Wildman–Crippen LogP) is 6.07. The van der Waals surface area contributed by atoms with Gasteiger partial charge in [-0.15, -0.1) is 12.4 Å². The SMILES string of the molecule is Cl.Cn1cncc1C(OCc1ccccc1)c1ccc(C#N)c(C2CCCCC2)c1. The van der Waals surface area contributed by atoms with Gasteiger partial charge >= 0.3 is 0 Å². The summed E-state index contributed by atoms with van der Waals surface area (Å²) in [7, 11) is 1.99. The van der Waals surface area contributed by atoms with Crippen LogP contribution in [0.5, 0.6) is 0 Å². The van der Waals surface area contributed by atoms with Gasteiger partial charge in [0.05, 0.1) is 36.5 Å². The molecule has 0 aliphatic heterocycles. The van der Waals surface area contributed by atoms with Crippen molar-refractivity contribution in [2.75, 3.05) is 0 Å². The van der Waals surface area contributed by atoms with Crippen molar-refractivity contribution in [3.8, 4) is 6.07 Å². The zero-order valence-electron chi connectivity index (χ0n) is 17.3. The fourth-order valence-corrected chi connectivity index (χ4v) is 4.32. The summed E-state index contributed by atoms with van der Waals surface area (Å²) in [6.45, 7) is 0.523. The topological polar surface area (TPSA) is 50.8 Å². The zero-order valence-corrected chi connectivity index (χ0v) is 18.1. The summed E-state index contributed by atoms with van der Waals surface area (Å²) < 4.78 is 8.42. The average Bonchev–Trinajstić information content (AvgIpc) is 3.21. The van der Waals surface area contributed by atoms with Gasteiger partial charge in [-0.2, -0.15) is 5.26 Å². The summed E-state index contributed by atoms with van der Waals surface area (Å²) in [6, 6.07) is 18.8. The first kappa shape index (κ1) is 22.1. The van der Waals surface area contributed by atoms with E-state index in [9.17, 15) is 5.26 Å². The lowest BCUT2D eigenvalue weighted by atomic mass is 9.81. The van der Waals surface area contributed by atoms with Crippen molar-refractivity contribution < 1.29 is 4.74 Å². The van der Waals surface area contributed by atoms with Crippen LogP contribution in [0.2, 0.25) is 0 Å². The van der Waals surface area contributed by atoms with E-state index in [0.717, 1.165) is 22.4 Å². The highest BCUT2D eigenvalue weighted by molar-refractivity contribution is 5.85. The van der Waals surface area contributed by atoms with Gasteiger partial charge in [-0.1, -0.05) is 61.7 Å². The number of nitriles is 1. The van der Waals surface area contributed by atoms with Crippen molar-refractivity contribution in [3.05, 3.63) is 89.0 Å². The molecular weight excluding hydrogens is 394 g/mol. The van der Waals surface area contributed by atoms with Crippen LogP contribution in [0.1, 0.15) is 72.1 Å². The molecule has 1 saturated carbocycles. The van der Waals surface area contributed by atoms with Crippen LogP contribution in [0.4, 0.5) is 0 Å². The smallest absolute Gasteiger partial charge is 0.124 e. The number of nitrogens with zero attached hydrogens (tertiary/aromatic N) is 3. The minimum Gasteiger partial charge on any atom is -0.363 e. The zero-order chi connectivity index (χ0) is 20.1. The molecule has 0 saturated heterocycles. The maximum absolute atomic E-state index is 9.66. The summed E-state index contributed by atoms with van der Waals surface area (Å²) in [4.78, 5) is 4.30. The third-order valence-corrected chi connectivity index (χ3v) is 5.93. The molecule has 4 rings (SSSR count). The van der Waals surface area contributed by atoms with E-state index in [0.29, 0.717) is 12.5 Å². The first-order chi connectivity index (χ1) is 14.3. The van der Waals surface area contributed by atoms with Gasteiger partial charge in [-0.05, 0) is 41.5 Å². The van der Waals surface area contributed by atoms with E-state index in [2.05, 4.69) is 29.3 Å². The summed E-state index contributed by atoms with van der Waals surface area (Å²) >= 11 is 0. The molecule has 1 heterocycles. The van der Waals surface area contributed by atoms with Crippen LogP contribution < -0.4 is 0 Å². The van der Waals surface area contributed by atoms with Gasteiger partial charge in [-0.3, -0.25) is 0 Å². The first-order valence-electron chi connectivity index (χ1n) is 10.4. The Hall–Kier alpha value is -2.61. The van der Waals surface area contributed by atoms with Crippen molar-refractivity contribution in [2.45, 2.75) is 50.7 Å². The van der Waals surface area contributed by atoms with Crippen molar-refractivity contribution >= 4 is 12.4 Å². The Kier molecular flexibility index (Phi) is 7.68. The molecule has 3 aromatic rings. The molecule has 0 bridgehead atoms. The summed E-state index contributed by atoms with van der Waals surface area (Å²) in [5.74, 6) is 0.472. The molecule has 1 atom stereocenters. The van der Waals surface area contributed by atoms with Crippen LogP contribution in [0.15, 0.2) is 61.1 Å². The van der Waals surface area contributed by atoms with Gasteiger partial charge in [0.25, 0.3) is 0 Å². The van der Waals surface area contributed by atoms with Gasteiger partial charge in [-0.25, -0.2) is 4.98 Å². The van der Waals surface area contributed by atoms with E-state index in [1.807, 2.05) is 48.1 Å². The Morgan fingerprint density at radius 2 is 1.90 bits per heavy atom. The number of halogens is 1. The number of aryl methyl sites for hydroxylation is 1. The lowest BCUT2D eigenvalue weighted by molar-refractivity contribution is 0.0621. The second-order valence-corrected chi connectivity index (χ2v) is 7.90. The molecule has 1 unspecified atom stereocenters. The summed E-state index contributed by atoms with van der Waals surface area (Å²) in [5.41, 5.74) is 5.22. The third kappa shape index (κ3) is 4.92. The Morgan fingerprint density at radius 3 is 2.57 bits per heavy atom. The first-order valence-corrected chi connectivity index (χ1v) is 10.4. The number of aromatic nitrogens is 2. The molecule has 1 fully saturated rings. The van der Waals surface area contributed by atoms with Gasteiger partial charge < -0.3 is 9.30 Å². The minimum absolute atomic E-state index is 0. The van der Waals surface area contributed by atoms with Crippen LogP contribution in [0, 0.1) is 11.3 Å². The highest BCUT2D eigenvalue weighted by Crippen LogP contribution is 2.37. The lowest BCUT2D eigenvalue weighted by Gasteiger charge is -2.25. The second kappa shape index (κ2) is 10.4. The van der Waals surface area contributed by atoms with Crippen LogP contribution >= 0.6 is 12.4 Å². The summed E-state index contributed by atoms with van der Waals surface area (Å²) in [6.07, 6.45) is 9.57. The number of ether oxygens (including phenoxy) is 1. The number of imidazole rings is 1. The second-order valence-electron chi connectivity index (χ2n) is 7.90. The molecule has 156 valence electrons. The van der Waals surface area contributed by atoms with Crippen LogP contribution in [-0.4, -0.2) is 9.55 Å². The largest absolute Gasteiger partial charge is 0.363 e. The molecule has 30 heavy (non-hydrogen) atoms. The fourth-order valence-electron chi connectivity index (χ4n) is 4.32. The maximum Gasteiger partial charge on any atom is 0.124 e. The van der Waals surface area contributed by atoms with E-state index in [-0.39, 0.29) is 18.5 Å². The van der Waals surface area contributed by atoms with Crippen LogP contribution in [0.25, 0.3) is 0 Å². The number of rotatable bonds is 6. The van der Waals surface area contributed by atoms with Crippen molar-refractivity contribution in [2.24, 2.45) is 7.05 Å². The Labute approximate surface area is 184 Å². The third-order valence-electron chi connectivity index (χ3n) is 5.93. The highest BCUT2D eigenvalue weighted by Gasteiger charge is 2.23. The molecule has 0 amide bonds. The Bertz CT molecular complexity index is 987. The monoisotopic (exact) mass is 421 g/mol. The fraction of sp³-hybridized carbons (Fsp3) is 0.360. The quantitative estimate of drug-likeness (QED) is 0.485. The Balaban J connectivity index is 0.00000256. The molecular formula is C25H28ClN3O. The average molecular weight is 422 g/mol. The van der Waals surface area contributed by atoms with Crippen LogP contribution in [-0.2, 0) is 18.4 Å². The molecule has 0 radical (unpaired) electrons. The minimum atomic E-state index is -0.224. The van der Waals surface area contributed by atoms with E-state index >= 15 is 0 Å². The van der Waals surface area contributed by atoms with Gasteiger partial charge in [0.15, 0.2) is 0 Å². The molecule has 0 N–H and O–H groups in total. The molecule has 1 aliphatic carbocycles. The molecule has 1 aromatic heterocycles.